The molecule has 1 aromatic carbocycles. The number of hydrogen-bond acceptors (Lipinski definition) is 3. The van der Waals surface area contributed by atoms with E-state index < -0.39 is 0 Å². The second kappa shape index (κ2) is 4.00. The molecule has 2 aromatic rings. The van der Waals surface area contributed by atoms with Crippen molar-refractivity contribution in [2.45, 2.75) is 6.92 Å². The highest BCUT2D eigenvalue weighted by Gasteiger charge is 2.01. The predicted molar refractivity (Wildman–Crippen MR) is 59.9 cm³/mol. The number of nitrogens with zero attached hydrogens (tertiary/aromatic N) is 1. The van der Waals surface area contributed by atoms with Gasteiger partial charge in [0.1, 0.15) is 5.75 Å². The molecule has 0 saturated carbocycles. The molecule has 3 heteroatoms. The average molecular weight is 200 g/mol. The first-order valence-corrected chi connectivity index (χ1v) is 4.71. The van der Waals surface area contributed by atoms with Crippen LogP contribution in [0.25, 0.3) is 0 Å². The third-order valence-electron chi connectivity index (χ3n) is 2.04. The molecule has 2 N–H and O–H groups in total. The van der Waals surface area contributed by atoms with Crippen molar-refractivity contribution < 1.29 is 4.74 Å². The minimum Gasteiger partial charge on any atom is -0.437 e. The molecule has 3 nitrogen and oxygen atoms in total. The highest BCUT2D eigenvalue weighted by Crippen LogP contribution is 2.24. The number of hydrogen-bond donors (Lipinski definition) is 1. The van der Waals surface area contributed by atoms with Gasteiger partial charge in [-0.05, 0) is 31.2 Å². The van der Waals surface area contributed by atoms with Gasteiger partial charge in [0.2, 0.25) is 5.88 Å². The minimum atomic E-state index is 0.446. The standard InChI is InChI=1S/C12H12N2O/c1-9-4-6-10(7-5-9)15-12-11(13)3-2-8-14-12/h2-8H,13H2,1H3. The van der Waals surface area contributed by atoms with Gasteiger partial charge in [0.25, 0.3) is 0 Å². The zero-order valence-corrected chi connectivity index (χ0v) is 8.47. The number of nitrogens with two attached hydrogens (primary N) is 1. The number of anilines is 1. The van der Waals surface area contributed by atoms with Crippen molar-refractivity contribution in [2.24, 2.45) is 0 Å². The van der Waals surface area contributed by atoms with Gasteiger partial charge in [-0.3, -0.25) is 0 Å². The van der Waals surface area contributed by atoms with Crippen LogP contribution in [0.3, 0.4) is 0 Å². The van der Waals surface area contributed by atoms with Crippen LogP contribution in [0.5, 0.6) is 11.6 Å². The van der Waals surface area contributed by atoms with E-state index in [0.717, 1.165) is 5.75 Å². The lowest BCUT2D eigenvalue weighted by atomic mass is 10.2. The molecule has 0 unspecified atom stereocenters. The van der Waals surface area contributed by atoms with Crippen LogP contribution in [0.1, 0.15) is 5.56 Å². The van der Waals surface area contributed by atoms with Gasteiger partial charge in [0.15, 0.2) is 0 Å². The summed E-state index contributed by atoms with van der Waals surface area (Å²) in [6.45, 7) is 2.03. The molecule has 0 aliphatic carbocycles. The Morgan fingerprint density at radius 2 is 1.87 bits per heavy atom. The smallest absolute Gasteiger partial charge is 0.242 e. The monoisotopic (exact) mass is 200 g/mol. The molecule has 0 aliphatic heterocycles. The van der Waals surface area contributed by atoms with Gasteiger partial charge in [0.05, 0.1) is 5.69 Å². The maximum absolute atomic E-state index is 5.71. The van der Waals surface area contributed by atoms with E-state index in [1.165, 1.54) is 5.56 Å². The van der Waals surface area contributed by atoms with E-state index in [1.54, 1.807) is 18.3 Å². The number of nitrogen functional groups attached to an aromatic ring is 1. The van der Waals surface area contributed by atoms with E-state index in [9.17, 15) is 0 Å². The minimum absolute atomic E-state index is 0.446. The van der Waals surface area contributed by atoms with Gasteiger partial charge in [-0.25, -0.2) is 4.98 Å². The molecule has 0 spiro atoms. The fourth-order valence-electron chi connectivity index (χ4n) is 1.21. The van der Waals surface area contributed by atoms with Crippen molar-refractivity contribution in [1.29, 1.82) is 0 Å². The van der Waals surface area contributed by atoms with Crippen molar-refractivity contribution in [3.63, 3.8) is 0 Å². The average Bonchev–Trinajstić information content (AvgIpc) is 2.25. The fraction of sp³-hybridized carbons (Fsp3) is 0.0833. The number of aryl methyl sites for hydroxylation is 1. The second-order valence-corrected chi connectivity index (χ2v) is 3.31. The fourth-order valence-corrected chi connectivity index (χ4v) is 1.21. The Bertz CT molecular complexity index is 451. The molecule has 76 valence electrons. The summed E-state index contributed by atoms with van der Waals surface area (Å²) in [4.78, 5) is 4.05. The summed E-state index contributed by atoms with van der Waals surface area (Å²) >= 11 is 0. The molecule has 0 atom stereocenters. The number of benzene rings is 1. The topological polar surface area (TPSA) is 48.1 Å². The number of ether oxygens (including phenoxy) is 1. The molecule has 0 bridgehead atoms. The Balaban J connectivity index is 2.22. The summed E-state index contributed by atoms with van der Waals surface area (Å²) in [5, 5.41) is 0. The van der Waals surface area contributed by atoms with Crippen molar-refractivity contribution in [2.75, 3.05) is 5.73 Å². The number of rotatable bonds is 2. The summed E-state index contributed by atoms with van der Waals surface area (Å²) in [6.07, 6.45) is 1.65. The Morgan fingerprint density at radius 3 is 2.53 bits per heavy atom. The molecule has 15 heavy (non-hydrogen) atoms. The second-order valence-electron chi connectivity index (χ2n) is 3.31. The van der Waals surface area contributed by atoms with E-state index >= 15 is 0 Å². The summed E-state index contributed by atoms with van der Waals surface area (Å²) in [5.41, 5.74) is 7.44. The highest BCUT2D eigenvalue weighted by molar-refractivity contribution is 5.48. The first-order chi connectivity index (χ1) is 7.25. The van der Waals surface area contributed by atoms with E-state index in [4.69, 9.17) is 10.5 Å². The molecule has 1 aromatic heterocycles. The van der Waals surface area contributed by atoms with Crippen LogP contribution < -0.4 is 10.5 Å². The molecule has 0 radical (unpaired) electrons. The maximum Gasteiger partial charge on any atom is 0.242 e. The van der Waals surface area contributed by atoms with Crippen LogP contribution in [0.15, 0.2) is 42.6 Å². The molecule has 0 saturated heterocycles. The van der Waals surface area contributed by atoms with E-state index in [-0.39, 0.29) is 0 Å². The lowest BCUT2D eigenvalue weighted by molar-refractivity contribution is 0.465. The Labute approximate surface area is 88.5 Å². The quantitative estimate of drug-likeness (QED) is 0.810. The number of aromatic nitrogens is 1. The maximum atomic E-state index is 5.71. The molecular formula is C12H12N2O. The van der Waals surface area contributed by atoms with Gasteiger partial charge in [0, 0.05) is 6.20 Å². The van der Waals surface area contributed by atoms with Crippen molar-refractivity contribution in [3.05, 3.63) is 48.2 Å². The Morgan fingerprint density at radius 1 is 1.13 bits per heavy atom. The molecule has 2 rings (SSSR count). The van der Waals surface area contributed by atoms with Crippen LogP contribution in [0.4, 0.5) is 5.69 Å². The van der Waals surface area contributed by atoms with Crippen molar-refractivity contribution in [3.8, 4) is 11.6 Å². The lowest BCUT2D eigenvalue weighted by Crippen LogP contribution is -1.93. The molecule has 0 amide bonds. The van der Waals surface area contributed by atoms with Crippen LogP contribution in [0, 0.1) is 6.92 Å². The zero-order valence-electron chi connectivity index (χ0n) is 8.47. The Hall–Kier alpha value is -2.03. The number of pyridine rings is 1. The van der Waals surface area contributed by atoms with E-state index in [2.05, 4.69) is 4.98 Å². The molecule has 0 aliphatic rings. The summed E-state index contributed by atoms with van der Waals surface area (Å²) in [7, 11) is 0. The van der Waals surface area contributed by atoms with Crippen molar-refractivity contribution in [1.82, 2.24) is 4.98 Å². The first-order valence-electron chi connectivity index (χ1n) is 4.71. The summed E-state index contributed by atoms with van der Waals surface area (Å²) < 4.78 is 5.53. The van der Waals surface area contributed by atoms with Gasteiger partial charge >= 0.3 is 0 Å². The van der Waals surface area contributed by atoms with Gasteiger partial charge in [-0.1, -0.05) is 17.7 Å². The zero-order chi connectivity index (χ0) is 10.7. The molecule has 1 heterocycles. The normalized spacial score (nSPS) is 9.93. The van der Waals surface area contributed by atoms with Gasteiger partial charge in [-0.2, -0.15) is 0 Å². The third kappa shape index (κ3) is 2.26. The van der Waals surface area contributed by atoms with Crippen LogP contribution in [0.2, 0.25) is 0 Å². The lowest BCUT2D eigenvalue weighted by Gasteiger charge is -2.06. The first kappa shape index (κ1) is 9.52. The van der Waals surface area contributed by atoms with Gasteiger partial charge < -0.3 is 10.5 Å². The van der Waals surface area contributed by atoms with Crippen LogP contribution >= 0.6 is 0 Å². The highest BCUT2D eigenvalue weighted by atomic mass is 16.5. The Kier molecular flexibility index (Phi) is 2.54. The predicted octanol–water partition coefficient (Wildman–Crippen LogP) is 2.76. The third-order valence-corrected chi connectivity index (χ3v) is 2.04. The summed E-state index contributed by atoms with van der Waals surface area (Å²) in [5.74, 6) is 1.19. The van der Waals surface area contributed by atoms with Crippen LogP contribution in [-0.2, 0) is 0 Å². The van der Waals surface area contributed by atoms with Crippen LogP contribution in [-0.4, -0.2) is 4.98 Å². The summed E-state index contributed by atoms with van der Waals surface area (Å²) in [6, 6.07) is 11.3. The SMILES string of the molecule is Cc1ccc(Oc2ncccc2N)cc1. The van der Waals surface area contributed by atoms with Gasteiger partial charge in [-0.15, -0.1) is 0 Å². The van der Waals surface area contributed by atoms with E-state index in [0.29, 0.717) is 11.6 Å². The molecule has 0 fully saturated rings. The van der Waals surface area contributed by atoms with E-state index in [1.807, 2.05) is 31.2 Å². The van der Waals surface area contributed by atoms with Crippen molar-refractivity contribution >= 4 is 5.69 Å². The largest absolute Gasteiger partial charge is 0.437 e. The molecular weight excluding hydrogens is 188 g/mol.